The predicted octanol–water partition coefficient (Wildman–Crippen LogP) is 4.26. The molecular formula is C21H20ClNO3. The van der Waals surface area contributed by atoms with Gasteiger partial charge in [0.2, 0.25) is 0 Å². The van der Waals surface area contributed by atoms with Gasteiger partial charge in [0.25, 0.3) is 5.91 Å². The number of hydrogen-bond acceptors (Lipinski definition) is 3. The van der Waals surface area contributed by atoms with Gasteiger partial charge in [0, 0.05) is 22.8 Å². The molecule has 0 radical (unpaired) electrons. The van der Waals surface area contributed by atoms with Gasteiger partial charge in [-0.3, -0.25) is 4.79 Å². The summed E-state index contributed by atoms with van der Waals surface area (Å²) >= 11 is 6.05. The second kappa shape index (κ2) is 7.75. The molecule has 0 fully saturated rings. The fourth-order valence-electron chi connectivity index (χ4n) is 3.13. The molecule has 0 bridgehead atoms. The predicted molar refractivity (Wildman–Crippen MR) is 103 cm³/mol. The Morgan fingerprint density at radius 2 is 1.88 bits per heavy atom. The topological polar surface area (TPSA) is 46.6 Å². The average Bonchev–Trinajstić information content (AvgIpc) is 2.96. The number of carbonyl (C=O) groups is 2. The van der Waals surface area contributed by atoms with E-state index in [1.165, 1.54) is 6.08 Å². The third-order valence-corrected chi connectivity index (χ3v) is 4.73. The molecule has 2 aromatic carbocycles. The van der Waals surface area contributed by atoms with Crippen molar-refractivity contribution >= 4 is 35.2 Å². The summed E-state index contributed by atoms with van der Waals surface area (Å²) in [6.45, 7) is 3.58. The van der Waals surface area contributed by atoms with E-state index in [2.05, 4.69) is 0 Å². The molecule has 4 nitrogen and oxygen atoms in total. The number of fused-ring (bicyclic) bond motifs is 1. The van der Waals surface area contributed by atoms with Crippen molar-refractivity contribution in [3.63, 3.8) is 0 Å². The van der Waals surface area contributed by atoms with E-state index in [4.69, 9.17) is 16.3 Å². The minimum atomic E-state index is -0.869. The van der Waals surface area contributed by atoms with E-state index in [9.17, 15) is 9.59 Å². The first kappa shape index (κ1) is 18.2. The molecule has 3 rings (SSSR count). The summed E-state index contributed by atoms with van der Waals surface area (Å²) in [5, 5.41) is 0.545. The third-order valence-electron chi connectivity index (χ3n) is 4.39. The first-order valence-corrected chi connectivity index (χ1v) is 8.89. The fourth-order valence-corrected chi connectivity index (χ4v) is 3.33. The van der Waals surface area contributed by atoms with Gasteiger partial charge in [0.15, 0.2) is 6.10 Å². The summed E-state index contributed by atoms with van der Waals surface area (Å²) in [5.74, 6) is -0.798. The highest BCUT2D eigenvalue weighted by Crippen LogP contribution is 2.32. The van der Waals surface area contributed by atoms with Gasteiger partial charge in [-0.15, -0.1) is 0 Å². The van der Waals surface area contributed by atoms with Crippen LogP contribution in [0, 0.1) is 0 Å². The van der Waals surface area contributed by atoms with E-state index in [0.717, 1.165) is 17.7 Å². The molecule has 134 valence electrons. The van der Waals surface area contributed by atoms with E-state index in [-0.39, 0.29) is 11.9 Å². The van der Waals surface area contributed by atoms with Gasteiger partial charge >= 0.3 is 5.97 Å². The van der Waals surface area contributed by atoms with Gasteiger partial charge < -0.3 is 9.64 Å². The van der Waals surface area contributed by atoms with E-state index >= 15 is 0 Å². The maximum atomic E-state index is 12.8. The third kappa shape index (κ3) is 3.81. The monoisotopic (exact) mass is 369 g/mol. The van der Waals surface area contributed by atoms with Crippen molar-refractivity contribution in [2.75, 3.05) is 4.90 Å². The lowest BCUT2D eigenvalue weighted by Gasteiger charge is -2.25. The van der Waals surface area contributed by atoms with Crippen LogP contribution in [0.15, 0.2) is 54.6 Å². The lowest BCUT2D eigenvalue weighted by molar-refractivity contribution is -0.149. The number of nitrogens with zero attached hydrogens (tertiary/aromatic N) is 1. The van der Waals surface area contributed by atoms with Gasteiger partial charge in [0.1, 0.15) is 0 Å². The number of anilines is 1. The van der Waals surface area contributed by atoms with Crippen molar-refractivity contribution in [2.45, 2.75) is 32.4 Å². The van der Waals surface area contributed by atoms with Crippen LogP contribution >= 0.6 is 11.6 Å². The Balaban J connectivity index is 1.66. The van der Waals surface area contributed by atoms with Gasteiger partial charge in [-0.2, -0.15) is 0 Å². The second-order valence-corrected chi connectivity index (χ2v) is 6.73. The number of amides is 1. The SMILES string of the molecule is C[C@H](OC(=O)/C=C/c1ccccc1Cl)C(=O)N1c2ccccc2C[C@H]1C. The van der Waals surface area contributed by atoms with Crippen LogP contribution in [0.25, 0.3) is 6.08 Å². The lowest BCUT2D eigenvalue weighted by Crippen LogP contribution is -2.43. The minimum Gasteiger partial charge on any atom is -0.449 e. The number of para-hydroxylation sites is 1. The van der Waals surface area contributed by atoms with E-state index < -0.39 is 12.1 Å². The van der Waals surface area contributed by atoms with Crippen LogP contribution in [0.5, 0.6) is 0 Å². The van der Waals surface area contributed by atoms with Crippen molar-refractivity contribution in [1.82, 2.24) is 0 Å². The van der Waals surface area contributed by atoms with Crippen LogP contribution in [0.4, 0.5) is 5.69 Å². The van der Waals surface area contributed by atoms with Crippen molar-refractivity contribution in [2.24, 2.45) is 0 Å². The molecule has 0 spiro atoms. The first-order chi connectivity index (χ1) is 12.5. The summed E-state index contributed by atoms with van der Waals surface area (Å²) in [6.07, 6.45) is 2.80. The number of benzene rings is 2. The molecule has 0 unspecified atom stereocenters. The molecule has 0 aromatic heterocycles. The molecule has 0 N–H and O–H groups in total. The number of ether oxygens (including phenoxy) is 1. The molecule has 1 aliphatic rings. The standard InChI is InChI=1S/C21H20ClNO3/c1-14-13-17-8-4-6-10-19(17)23(14)21(25)15(2)26-20(24)12-11-16-7-3-5-9-18(16)22/h3-12,14-15H,13H2,1-2H3/b12-11+/t14-,15+/m1/s1. The van der Waals surface area contributed by atoms with E-state index in [1.54, 1.807) is 30.0 Å². The molecule has 1 heterocycles. The molecule has 0 saturated heterocycles. The Kier molecular flexibility index (Phi) is 5.43. The normalized spacial score (nSPS) is 17.2. The molecule has 2 aromatic rings. The van der Waals surface area contributed by atoms with Crippen molar-refractivity contribution in [3.05, 3.63) is 70.8 Å². The number of carbonyl (C=O) groups excluding carboxylic acids is 2. The van der Waals surface area contributed by atoms with Gasteiger partial charge in [-0.05, 0) is 49.6 Å². The number of esters is 1. The first-order valence-electron chi connectivity index (χ1n) is 8.51. The number of rotatable bonds is 4. The summed E-state index contributed by atoms with van der Waals surface area (Å²) in [5.41, 5.74) is 2.73. The number of halogens is 1. The Labute approximate surface area is 158 Å². The van der Waals surface area contributed by atoms with E-state index in [1.807, 2.05) is 43.3 Å². The highest BCUT2D eigenvalue weighted by molar-refractivity contribution is 6.32. The zero-order valence-electron chi connectivity index (χ0n) is 14.7. The zero-order valence-corrected chi connectivity index (χ0v) is 15.4. The van der Waals surface area contributed by atoms with Crippen LogP contribution in [-0.4, -0.2) is 24.0 Å². The van der Waals surface area contributed by atoms with Crippen molar-refractivity contribution in [1.29, 1.82) is 0 Å². The summed E-state index contributed by atoms with van der Waals surface area (Å²) in [6, 6.07) is 15.0. The van der Waals surface area contributed by atoms with Crippen LogP contribution < -0.4 is 4.90 Å². The van der Waals surface area contributed by atoms with Crippen molar-refractivity contribution in [3.8, 4) is 0 Å². The highest BCUT2D eigenvalue weighted by atomic mass is 35.5. The minimum absolute atomic E-state index is 0.0414. The smallest absolute Gasteiger partial charge is 0.331 e. The Hall–Kier alpha value is -2.59. The Morgan fingerprint density at radius 3 is 2.65 bits per heavy atom. The summed E-state index contributed by atoms with van der Waals surface area (Å²) in [7, 11) is 0. The highest BCUT2D eigenvalue weighted by Gasteiger charge is 2.34. The van der Waals surface area contributed by atoms with Crippen LogP contribution in [0.2, 0.25) is 5.02 Å². The van der Waals surface area contributed by atoms with Gasteiger partial charge in [-0.25, -0.2) is 4.79 Å². The largest absolute Gasteiger partial charge is 0.449 e. The van der Waals surface area contributed by atoms with Crippen LogP contribution in [0.3, 0.4) is 0 Å². The average molecular weight is 370 g/mol. The Bertz CT molecular complexity index is 862. The van der Waals surface area contributed by atoms with E-state index in [0.29, 0.717) is 10.6 Å². The second-order valence-electron chi connectivity index (χ2n) is 6.32. The molecular weight excluding hydrogens is 350 g/mol. The molecule has 2 atom stereocenters. The number of hydrogen-bond donors (Lipinski definition) is 0. The lowest BCUT2D eigenvalue weighted by atomic mass is 10.1. The quantitative estimate of drug-likeness (QED) is 0.597. The maximum absolute atomic E-state index is 12.8. The summed E-state index contributed by atoms with van der Waals surface area (Å²) in [4.78, 5) is 26.6. The molecule has 1 aliphatic heterocycles. The Morgan fingerprint density at radius 1 is 1.19 bits per heavy atom. The summed E-state index contributed by atoms with van der Waals surface area (Å²) < 4.78 is 5.29. The van der Waals surface area contributed by atoms with Gasteiger partial charge in [0.05, 0.1) is 0 Å². The van der Waals surface area contributed by atoms with Crippen LogP contribution in [-0.2, 0) is 20.7 Å². The molecule has 0 aliphatic carbocycles. The zero-order chi connectivity index (χ0) is 18.7. The van der Waals surface area contributed by atoms with Crippen LogP contribution in [0.1, 0.15) is 25.0 Å². The molecule has 26 heavy (non-hydrogen) atoms. The van der Waals surface area contributed by atoms with Gasteiger partial charge in [-0.1, -0.05) is 48.0 Å². The molecule has 5 heteroatoms. The molecule has 1 amide bonds. The van der Waals surface area contributed by atoms with Crippen molar-refractivity contribution < 1.29 is 14.3 Å². The fraction of sp³-hybridized carbons (Fsp3) is 0.238. The molecule has 0 saturated carbocycles. The maximum Gasteiger partial charge on any atom is 0.331 e.